The molecule has 1 aliphatic rings. The number of benzene rings is 1. The predicted octanol–water partition coefficient (Wildman–Crippen LogP) is 0.810. The number of carbonyl (C=O) groups is 1. The predicted molar refractivity (Wildman–Crippen MR) is 72.9 cm³/mol. The lowest BCUT2D eigenvalue weighted by molar-refractivity contribution is -0.389. The highest BCUT2D eigenvalue weighted by Crippen LogP contribution is 2.31. The van der Waals surface area contributed by atoms with Gasteiger partial charge < -0.3 is 19.6 Å². The van der Waals surface area contributed by atoms with Crippen molar-refractivity contribution >= 4 is 17.9 Å². The van der Waals surface area contributed by atoms with Crippen LogP contribution in [0.1, 0.15) is 16.1 Å². The summed E-state index contributed by atoms with van der Waals surface area (Å²) in [6, 6.07) is 5.12. The molecule has 0 fully saturated rings. The quantitative estimate of drug-likeness (QED) is 0.488. The zero-order valence-electron chi connectivity index (χ0n) is 11.0. The molecule has 2 N–H and O–H groups in total. The van der Waals surface area contributed by atoms with Crippen LogP contribution in [0.15, 0.2) is 29.6 Å². The Kier molecular flexibility index (Phi) is 3.40. The van der Waals surface area contributed by atoms with Gasteiger partial charge in [-0.25, -0.2) is 15.4 Å². The van der Waals surface area contributed by atoms with E-state index in [-0.39, 0.29) is 12.5 Å². The van der Waals surface area contributed by atoms with E-state index in [1.54, 1.807) is 18.2 Å². The van der Waals surface area contributed by atoms with E-state index in [9.17, 15) is 14.9 Å². The first-order chi connectivity index (χ1) is 10.6. The maximum absolute atomic E-state index is 11.8. The normalized spacial score (nSPS) is 12.5. The molecule has 2 aromatic rings. The van der Waals surface area contributed by atoms with Crippen molar-refractivity contribution in [1.29, 1.82) is 0 Å². The molecule has 0 aliphatic carbocycles. The number of imidazole rings is 1. The van der Waals surface area contributed by atoms with E-state index in [0.717, 1.165) is 6.33 Å². The molecule has 0 radical (unpaired) electrons. The van der Waals surface area contributed by atoms with E-state index in [4.69, 9.17) is 9.47 Å². The van der Waals surface area contributed by atoms with Gasteiger partial charge in [0.2, 0.25) is 12.5 Å². The maximum atomic E-state index is 11.8. The second-order valence-corrected chi connectivity index (χ2v) is 4.17. The third-order valence-corrected chi connectivity index (χ3v) is 2.79. The molecule has 10 nitrogen and oxygen atoms in total. The molecule has 0 saturated carbocycles. The highest BCUT2D eigenvalue weighted by Gasteiger charge is 2.22. The van der Waals surface area contributed by atoms with Crippen molar-refractivity contribution < 1.29 is 19.2 Å². The Morgan fingerprint density at radius 2 is 2.27 bits per heavy atom. The summed E-state index contributed by atoms with van der Waals surface area (Å²) < 4.78 is 10.4. The monoisotopic (exact) mass is 303 g/mol. The van der Waals surface area contributed by atoms with Gasteiger partial charge in [0.05, 0.1) is 6.21 Å². The van der Waals surface area contributed by atoms with Crippen molar-refractivity contribution in [1.82, 2.24) is 15.4 Å². The molecular weight excluding hydrogens is 294 g/mol. The number of fused-ring (bicyclic) bond motifs is 1. The summed E-state index contributed by atoms with van der Waals surface area (Å²) in [7, 11) is 0. The SMILES string of the molecule is O=C(N/N=C\c1ccc2c(c1)OCO2)c1nc[nH]c1[N+](=O)[O-]. The number of hydrogen-bond acceptors (Lipinski definition) is 7. The highest BCUT2D eigenvalue weighted by molar-refractivity contribution is 5.96. The third-order valence-electron chi connectivity index (χ3n) is 2.79. The molecule has 112 valence electrons. The van der Waals surface area contributed by atoms with Crippen molar-refractivity contribution in [3.63, 3.8) is 0 Å². The molecule has 0 atom stereocenters. The summed E-state index contributed by atoms with van der Waals surface area (Å²) >= 11 is 0. The van der Waals surface area contributed by atoms with Gasteiger partial charge in [-0.05, 0) is 28.7 Å². The maximum Gasteiger partial charge on any atom is 0.353 e. The Bertz CT molecular complexity index is 769. The lowest BCUT2D eigenvalue weighted by atomic mass is 10.2. The Balaban J connectivity index is 1.68. The minimum absolute atomic E-state index is 0.162. The van der Waals surface area contributed by atoms with Crippen molar-refractivity contribution in [3.05, 3.63) is 45.9 Å². The van der Waals surface area contributed by atoms with Crippen LogP contribution in [0.5, 0.6) is 11.5 Å². The van der Waals surface area contributed by atoms with Gasteiger partial charge in [-0.15, -0.1) is 0 Å². The van der Waals surface area contributed by atoms with Gasteiger partial charge in [0.25, 0.3) is 5.91 Å². The standard InChI is InChI=1S/C12H9N5O5/c18-12(10-11(17(19)20)14-5-13-10)16-15-4-7-1-2-8-9(3-7)22-6-21-8/h1-5H,6H2,(H,13,14)(H,16,18)/b15-4-. The van der Waals surface area contributed by atoms with Gasteiger partial charge in [-0.3, -0.25) is 4.79 Å². The van der Waals surface area contributed by atoms with Gasteiger partial charge in [0, 0.05) is 0 Å². The first-order valence-corrected chi connectivity index (χ1v) is 6.06. The fraction of sp³-hybridized carbons (Fsp3) is 0.0833. The number of rotatable bonds is 4. The van der Waals surface area contributed by atoms with Crippen LogP contribution >= 0.6 is 0 Å². The number of nitro groups is 1. The summed E-state index contributed by atoms with van der Waals surface area (Å²) in [4.78, 5) is 27.6. The topological polar surface area (TPSA) is 132 Å². The summed E-state index contributed by atoms with van der Waals surface area (Å²) in [6.07, 6.45) is 2.44. The number of amides is 1. The molecular formula is C12H9N5O5. The average Bonchev–Trinajstić information content (AvgIpc) is 3.15. The van der Waals surface area contributed by atoms with Crippen LogP contribution in [0.4, 0.5) is 5.82 Å². The van der Waals surface area contributed by atoms with E-state index in [2.05, 4.69) is 20.5 Å². The Hall–Kier alpha value is -3.43. The molecule has 1 aromatic heterocycles. The molecule has 1 amide bonds. The van der Waals surface area contributed by atoms with Gasteiger partial charge >= 0.3 is 5.82 Å². The first kappa shape index (κ1) is 13.5. The van der Waals surface area contributed by atoms with E-state index < -0.39 is 16.6 Å². The summed E-state index contributed by atoms with van der Waals surface area (Å²) in [5, 5.41) is 14.4. The summed E-state index contributed by atoms with van der Waals surface area (Å²) in [5.74, 6) is -0.0627. The molecule has 0 spiro atoms. The van der Waals surface area contributed by atoms with Crippen LogP contribution in [-0.4, -0.2) is 33.8 Å². The third kappa shape index (κ3) is 2.57. The molecule has 0 bridgehead atoms. The smallest absolute Gasteiger partial charge is 0.353 e. The van der Waals surface area contributed by atoms with Gasteiger partial charge in [0.15, 0.2) is 17.8 Å². The largest absolute Gasteiger partial charge is 0.454 e. The molecule has 2 heterocycles. The average molecular weight is 303 g/mol. The zero-order chi connectivity index (χ0) is 15.5. The van der Waals surface area contributed by atoms with Crippen LogP contribution in [-0.2, 0) is 0 Å². The number of nitrogens with one attached hydrogen (secondary N) is 2. The van der Waals surface area contributed by atoms with Crippen molar-refractivity contribution in [3.8, 4) is 11.5 Å². The lowest BCUT2D eigenvalue weighted by Gasteiger charge is -1.98. The fourth-order valence-corrected chi connectivity index (χ4v) is 1.80. The van der Waals surface area contributed by atoms with Crippen LogP contribution in [0.2, 0.25) is 0 Å². The number of aromatic nitrogens is 2. The Morgan fingerprint density at radius 1 is 1.45 bits per heavy atom. The van der Waals surface area contributed by atoms with Gasteiger partial charge in [0.1, 0.15) is 0 Å². The van der Waals surface area contributed by atoms with Gasteiger partial charge in [-0.1, -0.05) is 0 Å². The highest BCUT2D eigenvalue weighted by atomic mass is 16.7. The summed E-state index contributed by atoms with van der Waals surface area (Å²) in [5.41, 5.74) is 2.50. The number of hydrogen-bond donors (Lipinski definition) is 2. The molecule has 1 aromatic carbocycles. The van der Waals surface area contributed by atoms with E-state index >= 15 is 0 Å². The minimum Gasteiger partial charge on any atom is -0.454 e. The second-order valence-electron chi connectivity index (χ2n) is 4.17. The Labute approximate surface area is 122 Å². The lowest BCUT2D eigenvalue weighted by Crippen LogP contribution is -2.19. The number of carbonyl (C=O) groups excluding carboxylic acids is 1. The fourth-order valence-electron chi connectivity index (χ4n) is 1.80. The van der Waals surface area contributed by atoms with Crippen LogP contribution < -0.4 is 14.9 Å². The van der Waals surface area contributed by atoms with Crippen molar-refractivity contribution in [2.45, 2.75) is 0 Å². The number of H-pyrrole nitrogens is 1. The molecule has 10 heteroatoms. The first-order valence-electron chi connectivity index (χ1n) is 6.06. The Morgan fingerprint density at radius 3 is 3.09 bits per heavy atom. The van der Waals surface area contributed by atoms with Crippen LogP contribution in [0.25, 0.3) is 0 Å². The minimum atomic E-state index is -0.787. The molecule has 3 rings (SSSR count). The molecule has 0 unspecified atom stereocenters. The van der Waals surface area contributed by atoms with Crippen molar-refractivity contribution in [2.24, 2.45) is 5.10 Å². The van der Waals surface area contributed by atoms with Crippen molar-refractivity contribution in [2.75, 3.05) is 6.79 Å². The van der Waals surface area contributed by atoms with E-state index in [0.29, 0.717) is 17.1 Å². The van der Waals surface area contributed by atoms with Crippen LogP contribution in [0.3, 0.4) is 0 Å². The number of ether oxygens (including phenoxy) is 2. The molecule has 22 heavy (non-hydrogen) atoms. The molecule has 1 aliphatic heterocycles. The van der Waals surface area contributed by atoms with E-state index in [1.807, 2.05) is 0 Å². The summed E-state index contributed by atoms with van der Waals surface area (Å²) in [6.45, 7) is 0.162. The molecule has 0 saturated heterocycles. The number of nitrogens with zero attached hydrogens (tertiary/aromatic N) is 3. The second kappa shape index (κ2) is 5.52. The zero-order valence-corrected chi connectivity index (χ0v) is 11.0. The van der Waals surface area contributed by atoms with E-state index in [1.165, 1.54) is 6.21 Å². The number of hydrazone groups is 1. The van der Waals surface area contributed by atoms with Gasteiger partial charge in [-0.2, -0.15) is 5.10 Å². The van der Waals surface area contributed by atoms with Crippen LogP contribution in [0, 0.1) is 10.1 Å². The number of aromatic amines is 1.